The molecule has 8 heteroatoms. The third-order valence-electron chi connectivity index (χ3n) is 5.56. The minimum absolute atomic E-state index is 0.0519. The molecule has 7 nitrogen and oxygen atoms in total. The molecule has 0 atom stereocenters. The van der Waals surface area contributed by atoms with Crippen LogP contribution >= 0.6 is 0 Å². The average Bonchev–Trinajstić information content (AvgIpc) is 3.06. The summed E-state index contributed by atoms with van der Waals surface area (Å²) in [6.45, 7) is 10.8. The summed E-state index contributed by atoms with van der Waals surface area (Å²) in [5.41, 5.74) is 3.10. The van der Waals surface area contributed by atoms with Crippen molar-refractivity contribution < 1.29 is 27.2 Å². The van der Waals surface area contributed by atoms with Crippen molar-refractivity contribution in [2.75, 3.05) is 10.9 Å². The maximum atomic E-state index is 13.8. The predicted octanol–water partition coefficient (Wildman–Crippen LogP) is 5.37. The Kier molecular flexibility index (Phi) is 6.97. The lowest BCUT2D eigenvalue weighted by molar-refractivity contribution is -0.117. The lowest BCUT2D eigenvalue weighted by Gasteiger charge is -2.24. The lowest BCUT2D eigenvalue weighted by atomic mass is 10.1. The highest BCUT2D eigenvalue weighted by Crippen LogP contribution is 2.34. The van der Waals surface area contributed by atoms with Crippen molar-refractivity contribution in [2.45, 2.75) is 59.3 Å². The fraction of sp³-hybridized carbons (Fsp3) is 0.360. The van der Waals surface area contributed by atoms with Crippen LogP contribution < -0.4 is 4.31 Å². The molecule has 0 bridgehead atoms. The Labute approximate surface area is 194 Å². The van der Waals surface area contributed by atoms with Crippen molar-refractivity contribution in [3.63, 3.8) is 0 Å². The molecule has 0 aliphatic heterocycles. The first-order valence-corrected chi connectivity index (χ1v) is 12.3. The number of nitrogens with zero attached hydrogens (tertiary/aromatic N) is 1. The third-order valence-corrected chi connectivity index (χ3v) is 7.45. The number of fused-ring (bicyclic) bond motifs is 1. The van der Waals surface area contributed by atoms with E-state index in [-0.39, 0.29) is 29.2 Å². The van der Waals surface area contributed by atoms with Crippen LogP contribution in [0.15, 0.2) is 39.6 Å². The summed E-state index contributed by atoms with van der Waals surface area (Å²) >= 11 is 0. The van der Waals surface area contributed by atoms with Gasteiger partial charge in [-0.3, -0.25) is 4.79 Å². The van der Waals surface area contributed by atoms with Crippen molar-refractivity contribution >= 4 is 38.6 Å². The van der Waals surface area contributed by atoms with Gasteiger partial charge in [0.25, 0.3) is 10.0 Å². The number of rotatable bonds is 7. The number of amides is 1. The third kappa shape index (κ3) is 4.53. The van der Waals surface area contributed by atoms with Gasteiger partial charge in [0.2, 0.25) is 5.91 Å². The summed E-state index contributed by atoms with van der Waals surface area (Å²) in [7, 11) is -4.21. The summed E-state index contributed by atoms with van der Waals surface area (Å²) in [6, 6.07) is 7.97. The number of ether oxygens (including phenoxy) is 1. The molecule has 0 spiro atoms. The number of carbonyl (C=O) groups is 2. The van der Waals surface area contributed by atoms with E-state index in [0.717, 1.165) is 15.4 Å². The molecule has 1 aromatic heterocycles. The SMILES string of the molecule is CCCC(=O)N(c1ccc2oc(C)c(C(=O)OCC)c2c1)S(=O)(=O)c1cc(C)c(C)cc1C. The van der Waals surface area contributed by atoms with Crippen LogP contribution in [0.2, 0.25) is 0 Å². The van der Waals surface area contributed by atoms with Crippen LogP contribution in [0.3, 0.4) is 0 Å². The van der Waals surface area contributed by atoms with Crippen LogP contribution in [-0.2, 0) is 19.6 Å². The van der Waals surface area contributed by atoms with Crippen molar-refractivity contribution in [3.8, 4) is 0 Å². The predicted molar refractivity (Wildman–Crippen MR) is 127 cm³/mol. The molecule has 0 fully saturated rings. The second-order valence-electron chi connectivity index (χ2n) is 8.05. The molecular weight excluding hydrogens is 442 g/mol. The number of sulfonamides is 1. The number of benzene rings is 2. The summed E-state index contributed by atoms with van der Waals surface area (Å²) in [4.78, 5) is 25.7. The van der Waals surface area contributed by atoms with E-state index in [9.17, 15) is 18.0 Å². The summed E-state index contributed by atoms with van der Waals surface area (Å²) in [5.74, 6) is -0.752. The number of furan rings is 1. The van der Waals surface area contributed by atoms with E-state index in [1.165, 1.54) is 12.1 Å². The highest BCUT2D eigenvalue weighted by atomic mass is 32.2. The summed E-state index contributed by atoms with van der Waals surface area (Å²) < 4.78 is 39.2. The monoisotopic (exact) mass is 471 g/mol. The highest BCUT2D eigenvalue weighted by Gasteiger charge is 2.33. The fourth-order valence-corrected chi connectivity index (χ4v) is 5.57. The number of carbonyl (C=O) groups excluding carboxylic acids is 2. The van der Waals surface area contributed by atoms with Gasteiger partial charge >= 0.3 is 5.97 Å². The Morgan fingerprint density at radius 1 is 0.970 bits per heavy atom. The Morgan fingerprint density at radius 3 is 2.27 bits per heavy atom. The number of hydrogen-bond acceptors (Lipinski definition) is 6. The Hall–Kier alpha value is -3.13. The summed E-state index contributed by atoms with van der Waals surface area (Å²) in [5, 5.41) is 0.393. The minimum Gasteiger partial charge on any atom is -0.462 e. The molecule has 3 rings (SSSR count). The number of aryl methyl sites for hydroxylation is 4. The quantitative estimate of drug-likeness (QED) is 0.430. The van der Waals surface area contributed by atoms with Crippen molar-refractivity contribution in [1.82, 2.24) is 0 Å². The zero-order chi connectivity index (χ0) is 24.5. The van der Waals surface area contributed by atoms with Gasteiger partial charge in [0.15, 0.2) is 0 Å². The minimum atomic E-state index is -4.21. The molecule has 33 heavy (non-hydrogen) atoms. The smallest absolute Gasteiger partial charge is 0.342 e. The van der Waals surface area contributed by atoms with E-state index in [4.69, 9.17) is 9.15 Å². The summed E-state index contributed by atoms with van der Waals surface area (Å²) in [6.07, 6.45) is 0.536. The molecule has 1 heterocycles. The lowest BCUT2D eigenvalue weighted by Crippen LogP contribution is -2.37. The maximum absolute atomic E-state index is 13.8. The largest absolute Gasteiger partial charge is 0.462 e. The van der Waals surface area contributed by atoms with Crippen LogP contribution in [0.1, 0.15) is 59.5 Å². The highest BCUT2D eigenvalue weighted by molar-refractivity contribution is 7.93. The van der Waals surface area contributed by atoms with E-state index < -0.39 is 21.9 Å². The van der Waals surface area contributed by atoms with Gasteiger partial charge in [-0.15, -0.1) is 0 Å². The molecule has 0 unspecified atom stereocenters. The van der Waals surface area contributed by atoms with E-state index >= 15 is 0 Å². The van der Waals surface area contributed by atoms with Gasteiger partial charge in [0.05, 0.1) is 17.2 Å². The van der Waals surface area contributed by atoms with Crippen molar-refractivity contribution in [2.24, 2.45) is 0 Å². The molecule has 0 radical (unpaired) electrons. The Bertz CT molecular complexity index is 1340. The second kappa shape index (κ2) is 9.39. The van der Waals surface area contributed by atoms with Crippen LogP contribution in [0.5, 0.6) is 0 Å². The van der Waals surface area contributed by atoms with Gasteiger partial charge in [0, 0.05) is 11.8 Å². The van der Waals surface area contributed by atoms with E-state index in [1.54, 1.807) is 39.0 Å². The van der Waals surface area contributed by atoms with Gasteiger partial charge < -0.3 is 9.15 Å². The molecule has 0 N–H and O–H groups in total. The zero-order valence-corrected chi connectivity index (χ0v) is 20.6. The van der Waals surface area contributed by atoms with Crippen LogP contribution in [0, 0.1) is 27.7 Å². The normalized spacial score (nSPS) is 11.6. The first-order chi connectivity index (χ1) is 15.5. The van der Waals surface area contributed by atoms with Crippen LogP contribution in [0.25, 0.3) is 11.0 Å². The number of anilines is 1. The van der Waals surface area contributed by atoms with Crippen molar-refractivity contribution in [1.29, 1.82) is 0 Å². The van der Waals surface area contributed by atoms with Crippen LogP contribution in [-0.4, -0.2) is 26.9 Å². The topological polar surface area (TPSA) is 93.9 Å². The van der Waals surface area contributed by atoms with Crippen molar-refractivity contribution in [3.05, 3.63) is 58.3 Å². The molecule has 1 amide bonds. The molecule has 2 aromatic carbocycles. The van der Waals surface area contributed by atoms with E-state index in [1.807, 2.05) is 20.8 Å². The van der Waals surface area contributed by atoms with Gasteiger partial charge in [-0.25, -0.2) is 17.5 Å². The molecule has 0 saturated heterocycles. The van der Waals surface area contributed by atoms with Gasteiger partial charge in [-0.1, -0.05) is 13.0 Å². The maximum Gasteiger partial charge on any atom is 0.342 e. The first kappa shape index (κ1) is 24.5. The zero-order valence-electron chi connectivity index (χ0n) is 19.8. The number of hydrogen-bond donors (Lipinski definition) is 0. The Morgan fingerprint density at radius 2 is 1.64 bits per heavy atom. The van der Waals surface area contributed by atoms with E-state index in [0.29, 0.717) is 28.7 Å². The van der Waals surface area contributed by atoms with Gasteiger partial charge in [0.1, 0.15) is 16.9 Å². The molecule has 0 aliphatic rings. The Balaban J connectivity index is 2.25. The molecular formula is C25H29NO6S. The van der Waals surface area contributed by atoms with E-state index in [2.05, 4.69) is 0 Å². The number of esters is 1. The van der Waals surface area contributed by atoms with Gasteiger partial charge in [-0.05, 0) is 82.0 Å². The van der Waals surface area contributed by atoms with Crippen LogP contribution in [0.4, 0.5) is 5.69 Å². The van der Waals surface area contributed by atoms with Gasteiger partial charge in [-0.2, -0.15) is 0 Å². The average molecular weight is 472 g/mol. The fourth-order valence-electron chi connectivity index (χ4n) is 3.83. The standard InChI is InChI=1S/C25H29NO6S/c1-7-9-23(27)26(33(29,30)22-13-16(4)15(3)12-17(22)5)19-10-11-21-20(14-19)24(18(6)32-21)25(28)31-8-2/h10-14H,7-9H2,1-6H3. The molecule has 0 aliphatic carbocycles. The first-order valence-electron chi connectivity index (χ1n) is 10.9. The molecule has 0 saturated carbocycles. The molecule has 3 aromatic rings. The second-order valence-corrected chi connectivity index (χ2v) is 9.80. The molecule has 176 valence electrons.